The molecular formula is C21H25ClN2O3. The van der Waals surface area contributed by atoms with Gasteiger partial charge in [0.2, 0.25) is 0 Å². The molecule has 2 aromatic rings. The molecule has 1 aliphatic heterocycles. The molecule has 1 saturated heterocycles. The van der Waals surface area contributed by atoms with E-state index in [1.54, 1.807) is 7.05 Å². The van der Waals surface area contributed by atoms with E-state index in [9.17, 15) is 4.79 Å². The molecule has 1 fully saturated rings. The van der Waals surface area contributed by atoms with Gasteiger partial charge >= 0.3 is 6.09 Å². The van der Waals surface area contributed by atoms with Gasteiger partial charge in [-0.25, -0.2) is 4.79 Å². The first kappa shape index (κ1) is 19.5. The molecule has 0 aliphatic carbocycles. The van der Waals surface area contributed by atoms with Crippen LogP contribution in [-0.2, 0) is 0 Å². The van der Waals surface area contributed by atoms with Crippen LogP contribution in [0.3, 0.4) is 0 Å². The molecule has 3 rings (SSSR count). The van der Waals surface area contributed by atoms with Crippen LogP contribution in [0.15, 0.2) is 48.5 Å². The number of nitrogens with zero attached hydrogens (tertiary/aromatic N) is 2. The molecule has 0 saturated carbocycles. The van der Waals surface area contributed by atoms with Crippen molar-refractivity contribution in [2.45, 2.75) is 31.8 Å². The molecule has 1 N–H and O–H groups in total. The highest BCUT2D eigenvalue weighted by atomic mass is 35.5. The van der Waals surface area contributed by atoms with Crippen molar-refractivity contribution in [2.75, 3.05) is 20.1 Å². The Hall–Kier alpha value is -2.24. The molecule has 0 radical (unpaired) electrons. The Kier molecular flexibility index (Phi) is 6.24. The maximum Gasteiger partial charge on any atom is 0.407 e. The fourth-order valence-electron chi connectivity index (χ4n) is 3.50. The summed E-state index contributed by atoms with van der Waals surface area (Å²) in [4.78, 5) is 15.0. The number of ether oxygens (including phenoxy) is 1. The van der Waals surface area contributed by atoms with Gasteiger partial charge in [-0.3, -0.25) is 4.90 Å². The predicted molar refractivity (Wildman–Crippen MR) is 107 cm³/mol. The second kappa shape index (κ2) is 8.63. The van der Waals surface area contributed by atoms with E-state index in [0.29, 0.717) is 5.02 Å². The van der Waals surface area contributed by atoms with E-state index in [1.807, 2.05) is 36.4 Å². The molecule has 27 heavy (non-hydrogen) atoms. The molecule has 1 atom stereocenters. The maximum atomic E-state index is 11.1. The minimum atomic E-state index is -0.853. The van der Waals surface area contributed by atoms with Gasteiger partial charge in [0.15, 0.2) is 0 Å². The van der Waals surface area contributed by atoms with Crippen LogP contribution >= 0.6 is 11.6 Å². The third-order valence-corrected chi connectivity index (χ3v) is 5.54. The fourth-order valence-corrected chi connectivity index (χ4v) is 3.63. The lowest BCUT2D eigenvalue weighted by Crippen LogP contribution is -2.45. The zero-order valence-electron chi connectivity index (χ0n) is 15.6. The highest BCUT2D eigenvalue weighted by Crippen LogP contribution is 2.30. The van der Waals surface area contributed by atoms with E-state index in [0.717, 1.165) is 37.4 Å². The Morgan fingerprint density at radius 3 is 2.48 bits per heavy atom. The number of carbonyl (C=O) groups is 1. The monoisotopic (exact) mass is 388 g/mol. The van der Waals surface area contributed by atoms with Crippen LogP contribution in [-0.4, -0.2) is 47.2 Å². The number of hydrogen-bond donors (Lipinski definition) is 1. The Labute approximate surface area is 165 Å². The van der Waals surface area contributed by atoms with Gasteiger partial charge in [-0.15, -0.1) is 0 Å². The summed E-state index contributed by atoms with van der Waals surface area (Å²) in [6, 6.07) is 15.8. The van der Waals surface area contributed by atoms with Gasteiger partial charge in [0.1, 0.15) is 11.5 Å². The van der Waals surface area contributed by atoms with Crippen LogP contribution in [0.4, 0.5) is 4.79 Å². The Morgan fingerprint density at radius 1 is 1.19 bits per heavy atom. The molecule has 0 bridgehead atoms. The molecule has 144 valence electrons. The van der Waals surface area contributed by atoms with Gasteiger partial charge in [-0.05, 0) is 61.7 Å². The number of rotatable bonds is 5. The Bertz CT molecular complexity index is 773. The fraction of sp³-hybridized carbons (Fsp3) is 0.381. The van der Waals surface area contributed by atoms with Crippen molar-refractivity contribution in [3.05, 3.63) is 59.1 Å². The summed E-state index contributed by atoms with van der Waals surface area (Å²) in [6.45, 7) is 3.94. The molecule has 0 aromatic heterocycles. The van der Waals surface area contributed by atoms with Crippen LogP contribution in [0.25, 0.3) is 0 Å². The molecular weight excluding hydrogens is 364 g/mol. The number of benzene rings is 2. The Balaban J connectivity index is 1.63. The number of amides is 1. The zero-order chi connectivity index (χ0) is 19.4. The van der Waals surface area contributed by atoms with Crippen LogP contribution in [0.5, 0.6) is 11.5 Å². The van der Waals surface area contributed by atoms with Crippen molar-refractivity contribution in [3.8, 4) is 11.5 Å². The lowest BCUT2D eigenvalue weighted by atomic mass is 9.99. The summed E-state index contributed by atoms with van der Waals surface area (Å²) in [5.41, 5.74) is 1.19. The molecule has 1 amide bonds. The van der Waals surface area contributed by atoms with Gasteiger partial charge in [-0.2, -0.15) is 0 Å². The maximum absolute atomic E-state index is 11.1. The standard InChI is InChI=1S/C21H25ClN2O3/c1-15(24-12-10-18(11-13-24)23(2)21(25)26)16-4-3-5-20(14-16)27-19-8-6-17(22)7-9-19/h3-9,14-15,18H,10-13H2,1-2H3,(H,25,26). The molecule has 1 aliphatic rings. The van der Waals surface area contributed by atoms with E-state index in [2.05, 4.69) is 24.0 Å². The third kappa shape index (κ3) is 4.93. The van der Waals surface area contributed by atoms with Crippen molar-refractivity contribution in [2.24, 2.45) is 0 Å². The quantitative estimate of drug-likeness (QED) is 0.758. The van der Waals surface area contributed by atoms with E-state index in [-0.39, 0.29) is 12.1 Å². The molecule has 1 unspecified atom stereocenters. The van der Waals surface area contributed by atoms with Gasteiger partial charge in [-0.1, -0.05) is 23.7 Å². The number of hydrogen-bond acceptors (Lipinski definition) is 3. The summed E-state index contributed by atoms with van der Waals surface area (Å²) < 4.78 is 5.94. The highest BCUT2D eigenvalue weighted by molar-refractivity contribution is 6.30. The van der Waals surface area contributed by atoms with Crippen molar-refractivity contribution < 1.29 is 14.6 Å². The summed E-state index contributed by atoms with van der Waals surface area (Å²) in [5, 5.41) is 9.83. The number of likely N-dealkylation sites (tertiary alicyclic amines) is 1. The van der Waals surface area contributed by atoms with Crippen LogP contribution < -0.4 is 4.74 Å². The first-order valence-corrected chi connectivity index (χ1v) is 9.55. The molecule has 5 nitrogen and oxygen atoms in total. The minimum absolute atomic E-state index is 0.102. The normalized spacial score (nSPS) is 16.7. The number of piperidine rings is 1. The number of carboxylic acid groups (broad SMARTS) is 1. The average molecular weight is 389 g/mol. The summed E-state index contributed by atoms with van der Waals surface area (Å²) in [5.74, 6) is 1.55. The van der Waals surface area contributed by atoms with Crippen molar-refractivity contribution in [1.82, 2.24) is 9.80 Å². The number of halogens is 1. The lowest BCUT2D eigenvalue weighted by molar-refractivity contribution is 0.0910. The molecule has 6 heteroatoms. The first-order valence-electron chi connectivity index (χ1n) is 9.17. The highest BCUT2D eigenvalue weighted by Gasteiger charge is 2.27. The van der Waals surface area contributed by atoms with Gasteiger partial charge in [0.25, 0.3) is 0 Å². The minimum Gasteiger partial charge on any atom is -0.465 e. The predicted octanol–water partition coefficient (Wildman–Crippen LogP) is 5.27. The van der Waals surface area contributed by atoms with E-state index < -0.39 is 6.09 Å². The lowest BCUT2D eigenvalue weighted by Gasteiger charge is -2.38. The molecule has 2 aromatic carbocycles. The van der Waals surface area contributed by atoms with Crippen molar-refractivity contribution in [3.63, 3.8) is 0 Å². The molecule has 0 spiro atoms. The van der Waals surface area contributed by atoms with Crippen LogP contribution in [0.1, 0.15) is 31.4 Å². The third-order valence-electron chi connectivity index (χ3n) is 5.29. The SMILES string of the molecule is CC(c1cccc(Oc2ccc(Cl)cc2)c1)N1CCC(N(C)C(=O)O)CC1. The molecule has 1 heterocycles. The van der Waals surface area contributed by atoms with E-state index in [1.165, 1.54) is 10.5 Å². The van der Waals surface area contributed by atoms with Crippen molar-refractivity contribution >= 4 is 17.7 Å². The van der Waals surface area contributed by atoms with Gasteiger partial charge < -0.3 is 14.7 Å². The van der Waals surface area contributed by atoms with Gasteiger partial charge in [0.05, 0.1) is 0 Å². The second-order valence-electron chi connectivity index (χ2n) is 6.97. The average Bonchev–Trinajstić information content (AvgIpc) is 2.69. The smallest absolute Gasteiger partial charge is 0.407 e. The topological polar surface area (TPSA) is 53.0 Å². The van der Waals surface area contributed by atoms with Crippen LogP contribution in [0, 0.1) is 0 Å². The first-order chi connectivity index (χ1) is 12.9. The van der Waals surface area contributed by atoms with Crippen LogP contribution in [0.2, 0.25) is 5.02 Å². The summed E-state index contributed by atoms with van der Waals surface area (Å²) in [7, 11) is 1.66. The summed E-state index contributed by atoms with van der Waals surface area (Å²) >= 11 is 5.92. The van der Waals surface area contributed by atoms with Crippen molar-refractivity contribution in [1.29, 1.82) is 0 Å². The summed E-state index contributed by atoms with van der Waals surface area (Å²) in [6.07, 6.45) is 0.857. The van der Waals surface area contributed by atoms with Gasteiger partial charge in [0, 0.05) is 37.2 Å². The Morgan fingerprint density at radius 2 is 1.85 bits per heavy atom. The zero-order valence-corrected chi connectivity index (χ0v) is 16.4. The van der Waals surface area contributed by atoms with E-state index in [4.69, 9.17) is 21.4 Å². The van der Waals surface area contributed by atoms with E-state index >= 15 is 0 Å². The second-order valence-corrected chi connectivity index (χ2v) is 7.40. The largest absolute Gasteiger partial charge is 0.465 e.